The lowest BCUT2D eigenvalue weighted by Gasteiger charge is -2.05. The van der Waals surface area contributed by atoms with Crippen molar-refractivity contribution < 1.29 is 9.66 Å². The van der Waals surface area contributed by atoms with Crippen molar-refractivity contribution in [2.24, 2.45) is 5.10 Å². The molecule has 0 saturated carbocycles. The lowest BCUT2D eigenvalue weighted by atomic mass is 10.1. The van der Waals surface area contributed by atoms with Crippen molar-refractivity contribution in [3.05, 3.63) is 64.2 Å². The Labute approximate surface area is 122 Å². The van der Waals surface area contributed by atoms with E-state index in [0.29, 0.717) is 5.69 Å². The largest absolute Gasteiger partial charge is 0.497 e. The summed E-state index contributed by atoms with van der Waals surface area (Å²) in [5.41, 5.74) is 5.06. The van der Waals surface area contributed by atoms with Crippen molar-refractivity contribution in [2.75, 3.05) is 12.5 Å². The summed E-state index contributed by atoms with van der Waals surface area (Å²) >= 11 is 0. The number of nitrogens with one attached hydrogen (secondary N) is 1. The maximum Gasteiger partial charge on any atom is 0.271 e. The van der Waals surface area contributed by atoms with Crippen LogP contribution >= 0.6 is 0 Å². The normalized spacial score (nSPS) is 11.0. The van der Waals surface area contributed by atoms with Gasteiger partial charge in [0, 0.05) is 17.7 Å². The molecule has 21 heavy (non-hydrogen) atoms. The fourth-order valence-electron chi connectivity index (χ4n) is 1.75. The molecule has 108 valence electrons. The lowest BCUT2D eigenvalue weighted by molar-refractivity contribution is -0.384. The number of methoxy groups -OCH3 is 1. The molecule has 0 saturated heterocycles. The number of non-ortho nitro benzene ring substituents is 1. The van der Waals surface area contributed by atoms with E-state index in [1.54, 1.807) is 19.2 Å². The van der Waals surface area contributed by atoms with Crippen LogP contribution < -0.4 is 10.2 Å². The van der Waals surface area contributed by atoms with Gasteiger partial charge in [-0.25, -0.2) is 0 Å². The second kappa shape index (κ2) is 6.51. The lowest BCUT2D eigenvalue weighted by Crippen LogP contribution is -2.00. The number of hydrazone groups is 1. The molecule has 2 rings (SSSR count). The molecule has 0 atom stereocenters. The first-order valence-electron chi connectivity index (χ1n) is 6.29. The molecule has 0 aliphatic heterocycles. The van der Waals surface area contributed by atoms with Gasteiger partial charge < -0.3 is 4.74 Å². The maximum absolute atomic E-state index is 10.7. The molecule has 0 radical (unpaired) electrons. The van der Waals surface area contributed by atoms with Crippen molar-refractivity contribution in [1.29, 1.82) is 0 Å². The maximum atomic E-state index is 10.7. The van der Waals surface area contributed by atoms with Crippen LogP contribution in [0.4, 0.5) is 11.4 Å². The first-order valence-corrected chi connectivity index (χ1v) is 6.29. The van der Waals surface area contributed by atoms with Crippen molar-refractivity contribution >= 4 is 17.1 Å². The summed E-state index contributed by atoms with van der Waals surface area (Å²) in [5, 5.41) is 14.9. The van der Waals surface area contributed by atoms with Crippen LogP contribution in [0.1, 0.15) is 12.5 Å². The van der Waals surface area contributed by atoms with E-state index in [4.69, 9.17) is 4.74 Å². The molecule has 0 bridgehead atoms. The van der Waals surface area contributed by atoms with Crippen LogP contribution in [-0.4, -0.2) is 17.7 Å². The van der Waals surface area contributed by atoms with E-state index in [1.165, 1.54) is 12.1 Å². The van der Waals surface area contributed by atoms with Crippen LogP contribution in [0.25, 0.3) is 0 Å². The van der Waals surface area contributed by atoms with E-state index < -0.39 is 4.92 Å². The zero-order valence-corrected chi connectivity index (χ0v) is 11.7. The fraction of sp³-hybridized carbons (Fsp3) is 0.133. The van der Waals surface area contributed by atoms with Gasteiger partial charge in [0.05, 0.1) is 23.4 Å². The summed E-state index contributed by atoms with van der Waals surface area (Å²) < 4.78 is 5.16. The second-order valence-corrected chi connectivity index (χ2v) is 4.35. The van der Waals surface area contributed by atoms with Crippen LogP contribution in [0.15, 0.2) is 53.6 Å². The SMILES string of the molecule is COc1cccc(/C(C)=N\Nc2cccc([N+](=O)[O-])c2)c1. The molecular formula is C15H15N3O3. The van der Waals surface area contributed by atoms with Gasteiger partial charge in [-0.1, -0.05) is 18.2 Å². The molecule has 0 fully saturated rings. The van der Waals surface area contributed by atoms with Crippen LogP contribution in [0.3, 0.4) is 0 Å². The van der Waals surface area contributed by atoms with E-state index >= 15 is 0 Å². The molecule has 2 aromatic carbocycles. The molecule has 0 aliphatic rings. The van der Waals surface area contributed by atoms with Crippen molar-refractivity contribution in [1.82, 2.24) is 0 Å². The molecule has 6 heteroatoms. The Hall–Kier alpha value is -2.89. The smallest absolute Gasteiger partial charge is 0.271 e. The quantitative estimate of drug-likeness (QED) is 0.518. The molecule has 0 aromatic heterocycles. The second-order valence-electron chi connectivity index (χ2n) is 4.35. The monoisotopic (exact) mass is 285 g/mol. The van der Waals surface area contributed by atoms with E-state index in [-0.39, 0.29) is 5.69 Å². The number of hydrogen-bond donors (Lipinski definition) is 1. The first kappa shape index (κ1) is 14.5. The van der Waals surface area contributed by atoms with E-state index in [9.17, 15) is 10.1 Å². The summed E-state index contributed by atoms with van der Waals surface area (Å²) in [6.45, 7) is 1.85. The molecule has 1 N–H and O–H groups in total. The average molecular weight is 285 g/mol. The molecule has 0 unspecified atom stereocenters. The zero-order valence-electron chi connectivity index (χ0n) is 11.7. The summed E-state index contributed by atoms with van der Waals surface area (Å²) in [7, 11) is 1.60. The van der Waals surface area contributed by atoms with E-state index in [0.717, 1.165) is 17.0 Å². The van der Waals surface area contributed by atoms with Crippen LogP contribution in [0.5, 0.6) is 5.75 Å². The number of benzene rings is 2. The van der Waals surface area contributed by atoms with Gasteiger partial charge in [0.15, 0.2) is 0 Å². The van der Waals surface area contributed by atoms with Gasteiger partial charge in [0.2, 0.25) is 0 Å². The molecule has 2 aromatic rings. The third kappa shape index (κ3) is 3.79. The van der Waals surface area contributed by atoms with Gasteiger partial charge in [-0.05, 0) is 25.1 Å². The third-order valence-electron chi connectivity index (χ3n) is 2.90. The van der Waals surface area contributed by atoms with E-state index in [1.807, 2.05) is 31.2 Å². The molecule has 0 heterocycles. The predicted molar refractivity (Wildman–Crippen MR) is 81.9 cm³/mol. The number of ether oxygens (including phenoxy) is 1. The highest BCUT2D eigenvalue weighted by Gasteiger charge is 2.05. The zero-order chi connectivity index (χ0) is 15.2. The van der Waals surface area contributed by atoms with Gasteiger partial charge in [-0.15, -0.1) is 0 Å². The first-order chi connectivity index (χ1) is 10.1. The van der Waals surface area contributed by atoms with Crippen molar-refractivity contribution in [3.63, 3.8) is 0 Å². The number of nitro groups is 1. The number of nitro benzene ring substituents is 1. The topological polar surface area (TPSA) is 76.8 Å². The summed E-state index contributed by atoms with van der Waals surface area (Å²) in [6.07, 6.45) is 0. The Kier molecular flexibility index (Phi) is 4.50. The number of anilines is 1. The van der Waals surface area contributed by atoms with E-state index in [2.05, 4.69) is 10.5 Å². The van der Waals surface area contributed by atoms with Crippen LogP contribution in [-0.2, 0) is 0 Å². The minimum Gasteiger partial charge on any atom is -0.497 e. The molecular weight excluding hydrogens is 270 g/mol. The third-order valence-corrected chi connectivity index (χ3v) is 2.90. The van der Waals surface area contributed by atoms with Gasteiger partial charge in [-0.2, -0.15) is 5.10 Å². The highest BCUT2D eigenvalue weighted by molar-refractivity contribution is 5.99. The van der Waals surface area contributed by atoms with Crippen molar-refractivity contribution in [3.8, 4) is 5.75 Å². The Bertz CT molecular complexity index is 683. The molecule has 6 nitrogen and oxygen atoms in total. The highest BCUT2D eigenvalue weighted by Crippen LogP contribution is 2.18. The predicted octanol–water partition coefficient (Wildman–Crippen LogP) is 3.44. The van der Waals surface area contributed by atoms with Gasteiger partial charge >= 0.3 is 0 Å². The number of nitrogens with zero attached hydrogens (tertiary/aromatic N) is 2. The fourth-order valence-corrected chi connectivity index (χ4v) is 1.75. The summed E-state index contributed by atoms with van der Waals surface area (Å²) in [4.78, 5) is 10.3. The summed E-state index contributed by atoms with van der Waals surface area (Å²) in [6, 6.07) is 13.7. The van der Waals surface area contributed by atoms with Crippen LogP contribution in [0, 0.1) is 10.1 Å². The average Bonchev–Trinajstić information content (AvgIpc) is 2.53. The van der Waals surface area contributed by atoms with Gasteiger partial charge in [0.25, 0.3) is 5.69 Å². The standard InChI is InChI=1S/C15H15N3O3/c1-11(12-5-3-8-15(9-12)21-2)16-17-13-6-4-7-14(10-13)18(19)20/h3-10,17H,1-2H3/b16-11-. The highest BCUT2D eigenvalue weighted by atomic mass is 16.6. The molecule has 0 aliphatic carbocycles. The Balaban J connectivity index is 2.16. The van der Waals surface area contributed by atoms with Gasteiger partial charge in [-0.3, -0.25) is 15.5 Å². The van der Waals surface area contributed by atoms with Gasteiger partial charge in [0.1, 0.15) is 5.75 Å². The Morgan fingerprint density at radius 2 is 2.00 bits per heavy atom. The minimum atomic E-state index is -0.441. The Morgan fingerprint density at radius 3 is 2.71 bits per heavy atom. The summed E-state index contributed by atoms with van der Waals surface area (Å²) in [5.74, 6) is 0.748. The molecule has 0 amide bonds. The van der Waals surface area contributed by atoms with Crippen LogP contribution in [0.2, 0.25) is 0 Å². The number of hydrogen-bond acceptors (Lipinski definition) is 5. The minimum absolute atomic E-state index is 0.0224. The Morgan fingerprint density at radius 1 is 1.24 bits per heavy atom. The molecule has 0 spiro atoms. The van der Waals surface area contributed by atoms with Crippen molar-refractivity contribution in [2.45, 2.75) is 6.92 Å². The number of rotatable bonds is 5.